The van der Waals surface area contributed by atoms with Crippen molar-refractivity contribution in [1.82, 2.24) is 0 Å². The molecule has 2 aliphatic heterocycles. The first-order valence-corrected chi connectivity index (χ1v) is 11.2. The van der Waals surface area contributed by atoms with Crippen LogP contribution >= 0.6 is 0 Å². The first-order valence-electron chi connectivity index (χ1n) is 11.2. The van der Waals surface area contributed by atoms with Crippen molar-refractivity contribution in [2.75, 3.05) is 20.3 Å². The van der Waals surface area contributed by atoms with E-state index in [4.69, 9.17) is 44.4 Å². The lowest BCUT2D eigenvalue weighted by Crippen LogP contribution is -2.64. The minimum Gasteiger partial charge on any atom is -0.497 e. The quantitative estimate of drug-likeness (QED) is 0.205. The minimum atomic E-state index is -1.06. The van der Waals surface area contributed by atoms with Gasteiger partial charge in [-0.25, -0.2) is 0 Å². The van der Waals surface area contributed by atoms with E-state index in [1.807, 2.05) is 31.2 Å². The van der Waals surface area contributed by atoms with Crippen LogP contribution in [0.2, 0.25) is 0 Å². The largest absolute Gasteiger partial charge is 0.497 e. The zero-order valence-electron chi connectivity index (χ0n) is 19.6. The van der Waals surface area contributed by atoms with Gasteiger partial charge in [0, 0.05) is 11.8 Å². The molecule has 2 N–H and O–H groups in total. The highest BCUT2D eigenvalue weighted by atomic mass is 16.9. The summed E-state index contributed by atoms with van der Waals surface area (Å²) < 4.78 is 39.6. The van der Waals surface area contributed by atoms with Gasteiger partial charge in [-0.2, -0.15) is 0 Å². The predicted octanol–water partition coefficient (Wildman–Crippen LogP) is 2.39. The molecule has 0 saturated carbocycles. The van der Waals surface area contributed by atoms with Crippen LogP contribution in [0, 0.1) is 0 Å². The van der Waals surface area contributed by atoms with Crippen LogP contribution in [0.5, 0.6) is 5.75 Å². The van der Waals surface area contributed by atoms with Gasteiger partial charge in [0.05, 0.1) is 33.0 Å². The smallest absolute Gasteiger partial charge is 0.303 e. The van der Waals surface area contributed by atoms with Crippen LogP contribution < -0.4 is 10.5 Å². The fraction of sp³-hybridized carbons (Fsp3) is 0.682. The first-order chi connectivity index (χ1) is 16.4. The Morgan fingerprint density at radius 2 is 1.88 bits per heavy atom. The summed E-state index contributed by atoms with van der Waals surface area (Å²) in [6.45, 7) is 3.76. The molecule has 34 heavy (non-hydrogen) atoms. The number of rotatable bonds is 12. The third kappa shape index (κ3) is 7.03. The number of hydrogen-bond acceptors (Lipinski definition) is 10. The highest BCUT2D eigenvalue weighted by molar-refractivity contribution is 5.66. The summed E-state index contributed by atoms with van der Waals surface area (Å²) in [5, 5.41) is 3.61. The fourth-order valence-corrected chi connectivity index (χ4v) is 3.77. The molecule has 0 aliphatic carbocycles. The molecule has 12 heteroatoms. The standard InChI is InChI=1S/C22H32N4O8/c1-4-5-17-33-18(34-17)12-30-20-16(11-29-10-14-6-8-15(28-3)9-7-14)32-22(25-26-24)19(23)21(20)31-13(2)27/h6-9,16-22H,4-5,10-12,23H2,1-3H3/t16?,17?,18?,19?,20-,21?,22-/m1/s1. The summed E-state index contributed by atoms with van der Waals surface area (Å²) in [5.41, 5.74) is 16.1. The molecule has 1 aromatic rings. The molecule has 0 amide bonds. The molecule has 0 aromatic heterocycles. The van der Waals surface area contributed by atoms with Crippen molar-refractivity contribution >= 4 is 5.97 Å². The van der Waals surface area contributed by atoms with Gasteiger partial charge in [-0.05, 0) is 29.6 Å². The van der Waals surface area contributed by atoms with Crippen molar-refractivity contribution in [3.63, 3.8) is 0 Å². The Labute approximate surface area is 198 Å². The molecule has 5 atom stereocenters. The van der Waals surface area contributed by atoms with Gasteiger partial charge in [0.2, 0.25) is 0 Å². The number of benzene rings is 1. The zero-order chi connectivity index (χ0) is 24.5. The van der Waals surface area contributed by atoms with Gasteiger partial charge in [0.1, 0.15) is 24.1 Å². The van der Waals surface area contributed by atoms with E-state index in [1.54, 1.807) is 7.11 Å². The molecule has 12 nitrogen and oxygen atoms in total. The van der Waals surface area contributed by atoms with Gasteiger partial charge in [-0.15, -0.1) is 0 Å². The number of ether oxygens (including phenoxy) is 7. The summed E-state index contributed by atoms with van der Waals surface area (Å²) in [6, 6.07) is 6.50. The van der Waals surface area contributed by atoms with E-state index in [9.17, 15) is 4.79 Å². The van der Waals surface area contributed by atoms with Crippen LogP contribution in [0.25, 0.3) is 10.4 Å². The summed E-state index contributed by atoms with van der Waals surface area (Å²) in [5.74, 6) is 0.192. The molecular weight excluding hydrogens is 448 g/mol. The average Bonchev–Trinajstić information content (AvgIpc) is 2.79. The SMILES string of the molecule is CCCC1OC(CO[C@@H]2C(COCc3ccc(OC)cc3)O[C@@H](N=[N+]=[N-])C(N)C2OC(C)=O)O1. The Morgan fingerprint density at radius 3 is 2.50 bits per heavy atom. The lowest BCUT2D eigenvalue weighted by atomic mass is 9.96. The molecule has 0 radical (unpaired) electrons. The van der Waals surface area contributed by atoms with E-state index >= 15 is 0 Å². The van der Waals surface area contributed by atoms with Crippen LogP contribution in [-0.4, -0.2) is 69.5 Å². The average molecular weight is 481 g/mol. The molecule has 2 fully saturated rings. The fourth-order valence-electron chi connectivity index (χ4n) is 3.77. The van der Waals surface area contributed by atoms with Crippen LogP contribution in [-0.2, 0) is 39.8 Å². The van der Waals surface area contributed by atoms with Crippen molar-refractivity contribution in [3.8, 4) is 5.75 Å². The van der Waals surface area contributed by atoms with Crippen LogP contribution in [0.4, 0.5) is 0 Å². The number of methoxy groups -OCH3 is 1. The number of esters is 1. The second kappa shape index (κ2) is 12.9. The molecule has 2 aliphatic rings. The molecule has 2 heterocycles. The molecule has 188 valence electrons. The van der Waals surface area contributed by atoms with Crippen molar-refractivity contribution < 1.29 is 38.0 Å². The van der Waals surface area contributed by atoms with Crippen molar-refractivity contribution in [2.45, 2.75) is 76.5 Å². The van der Waals surface area contributed by atoms with E-state index in [0.29, 0.717) is 6.61 Å². The van der Waals surface area contributed by atoms with Crippen molar-refractivity contribution in [2.24, 2.45) is 10.8 Å². The molecule has 1 aromatic carbocycles. The lowest BCUT2D eigenvalue weighted by molar-refractivity contribution is -0.398. The Morgan fingerprint density at radius 1 is 1.15 bits per heavy atom. The van der Waals surface area contributed by atoms with Crippen LogP contribution in [0.3, 0.4) is 0 Å². The Kier molecular flexibility index (Phi) is 9.90. The molecule has 0 spiro atoms. The number of azide groups is 1. The van der Waals surface area contributed by atoms with Gasteiger partial charge in [0.15, 0.2) is 18.8 Å². The molecular formula is C22H32N4O8. The highest BCUT2D eigenvalue weighted by Gasteiger charge is 2.47. The van der Waals surface area contributed by atoms with Crippen LogP contribution in [0.1, 0.15) is 32.3 Å². The number of nitrogens with two attached hydrogens (primary N) is 1. The minimum absolute atomic E-state index is 0.0729. The van der Waals surface area contributed by atoms with E-state index in [1.165, 1.54) is 6.92 Å². The monoisotopic (exact) mass is 480 g/mol. The highest BCUT2D eigenvalue weighted by Crippen LogP contribution is 2.28. The number of nitrogens with zero attached hydrogens (tertiary/aromatic N) is 3. The summed E-state index contributed by atoms with van der Waals surface area (Å²) in [7, 11) is 1.60. The van der Waals surface area contributed by atoms with Crippen molar-refractivity contribution in [3.05, 3.63) is 40.3 Å². The van der Waals surface area contributed by atoms with Gasteiger partial charge in [0.25, 0.3) is 0 Å². The van der Waals surface area contributed by atoms with Gasteiger partial charge >= 0.3 is 5.97 Å². The second-order valence-electron chi connectivity index (χ2n) is 8.00. The third-order valence-corrected chi connectivity index (χ3v) is 5.45. The predicted molar refractivity (Wildman–Crippen MR) is 118 cm³/mol. The Bertz CT molecular complexity index is 829. The van der Waals surface area contributed by atoms with Crippen LogP contribution in [0.15, 0.2) is 29.4 Å². The first kappa shape index (κ1) is 26.2. The van der Waals surface area contributed by atoms with Crippen molar-refractivity contribution in [1.29, 1.82) is 0 Å². The molecule has 3 unspecified atom stereocenters. The molecule has 3 rings (SSSR count). The maximum atomic E-state index is 11.8. The number of hydrogen-bond donors (Lipinski definition) is 1. The van der Waals surface area contributed by atoms with E-state index in [2.05, 4.69) is 10.0 Å². The van der Waals surface area contributed by atoms with Gasteiger partial charge < -0.3 is 38.9 Å². The summed E-state index contributed by atoms with van der Waals surface area (Å²) in [4.78, 5) is 14.6. The Balaban J connectivity index is 1.66. The van der Waals surface area contributed by atoms with Gasteiger partial charge in [-0.3, -0.25) is 4.79 Å². The normalized spacial score (nSPS) is 30.6. The van der Waals surface area contributed by atoms with E-state index in [-0.39, 0.29) is 19.5 Å². The second-order valence-corrected chi connectivity index (χ2v) is 8.00. The molecule has 2 saturated heterocycles. The van der Waals surface area contributed by atoms with Gasteiger partial charge in [-0.1, -0.05) is 30.6 Å². The number of carbonyl (C=O) groups excluding carboxylic acids is 1. The maximum Gasteiger partial charge on any atom is 0.303 e. The third-order valence-electron chi connectivity index (χ3n) is 5.45. The maximum absolute atomic E-state index is 11.8. The lowest BCUT2D eigenvalue weighted by Gasteiger charge is -2.44. The molecule has 0 bridgehead atoms. The number of carbonyl (C=O) groups is 1. The van der Waals surface area contributed by atoms with E-state index < -0.39 is 42.8 Å². The van der Waals surface area contributed by atoms with E-state index in [0.717, 1.165) is 24.2 Å². The summed E-state index contributed by atoms with van der Waals surface area (Å²) in [6.07, 6.45) is -2.57. The Hall–Kier alpha value is -2.44. The topological polar surface area (TPSA) is 156 Å². The zero-order valence-corrected chi connectivity index (χ0v) is 19.6. The summed E-state index contributed by atoms with van der Waals surface area (Å²) >= 11 is 0.